The molecule has 2 rings (SSSR count). The smallest absolute Gasteiger partial charge is 0.129 e. The molecular weight excluding hydrogens is 233 g/mol. The minimum atomic E-state index is -0.381. The average Bonchev–Trinajstić information content (AvgIpc) is 2.71. The van der Waals surface area contributed by atoms with Gasteiger partial charge in [0, 0.05) is 10.6 Å². The van der Waals surface area contributed by atoms with Crippen molar-refractivity contribution >= 4 is 11.6 Å². The van der Waals surface area contributed by atoms with Gasteiger partial charge in [0.15, 0.2) is 0 Å². The van der Waals surface area contributed by atoms with Crippen LogP contribution in [0.5, 0.6) is 0 Å². The predicted molar refractivity (Wildman–Crippen MR) is 56.5 cm³/mol. The molecule has 84 valence electrons. The normalized spacial score (nSPS) is 10.7. The molecule has 1 aromatic carbocycles. The summed E-state index contributed by atoms with van der Waals surface area (Å²) in [5.41, 5.74) is 0.797. The summed E-state index contributed by atoms with van der Waals surface area (Å²) in [6, 6.07) is 4.50. The van der Waals surface area contributed by atoms with Gasteiger partial charge >= 0.3 is 0 Å². The van der Waals surface area contributed by atoms with E-state index in [1.165, 1.54) is 10.7 Å². The van der Waals surface area contributed by atoms with Crippen molar-refractivity contribution in [2.75, 3.05) is 0 Å². The molecule has 1 N–H and O–H groups in total. The number of aromatic nitrogens is 3. The van der Waals surface area contributed by atoms with E-state index in [4.69, 9.17) is 16.7 Å². The molecular formula is C10H9ClFN3O. The van der Waals surface area contributed by atoms with Gasteiger partial charge in [0.1, 0.15) is 11.5 Å². The van der Waals surface area contributed by atoms with Gasteiger partial charge in [-0.15, -0.1) is 5.10 Å². The van der Waals surface area contributed by atoms with Crippen LogP contribution >= 0.6 is 11.6 Å². The number of rotatable bonds is 3. The largest absolute Gasteiger partial charge is 0.390 e. The SMILES string of the molecule is OCc1cn(Cc2c(F)cccc2Cl)nn1. The van der Waals surface area contributed by atoms with Crippen LogP contribution in [0.3, 0.4) is 0 Å². The zero-order valence-electron chi connectivity index (χ0n) is 8.27. The Morgan fingerprint density at radius 3 is 2.88 bits per heavy atom. The summed E-state index contributed by atoms with van der Waals surface area (Å²) < 4.78 is 14.9. The molecule has 0 amide bonds. The fourth-order valence-electron chi connectivity index (χ4n) is 1.33. The van der Waals surface area contributed by atoms with Crippen LogP contribution in [-0.4, -0.2) is 20.1 Å². The highest BCUT2D eigenvalue weighted by molar-refractivity contribution is 6.31. The summed E-state index contributed by atoms with van der Waals surface area (Å²) >= 11 is 5.87. The third kappa shape index (κ3) is 2.20. The number of nitrogens with zero attached hydrogens (tertiary/aromatic N) is 3. The number of aliphatic hydroxyl groups excluding tert-OH is 1. The maximum Gasteiger partial charge on any atom is 0.129 e. The summed E-state index contributed by atoms with van der Waals surface area (Å²) in [6.45, 7) is 0.00348. The molecule has 0 saturated carbocycles. The van der Waals surface area contributed by atoms with Gasteiger partial charge in [-0.05, 0) is 12.1 Å². The van der Waals surface area contributed by atoms with Crippen molar-refractivity contribution in [2.45, 2.75) is 13.2 Å². The van der Waals surface area contributed by atoms with E-state index in [-0.39, 0.29) is 19.0 Å². The molecule has 6 heteroatoms. The Labute approximate surface area is 96.3 Å². The Morgan fingerprint density at radius 1 is 1.44 bits per heavy atom. The first-order valence-electron chi connectivity index (χ1n) is 4.63. The highest BCUT2D eigenvalue weighted by Crippen LogP contribution is 2.19. The lowest BCUT2D eigenvalue weighted by Gasteiger charge is -2.04. The Morgan fingerprint density at radius 2 is 2.25 bits per heavy atom. The van der Waals surface area contributed by atoms with E-state index in [1.54, 1.807) is 18.3 Å². The third-order valence-electron chi connectivity index (χ3n) is 2.13. The Bertz CT molecular complexity index is 480. The molecule has 0 aliphatic carbocycles. The highest BCUT2D eigenvalue weighted by Gasteiger charge is 2.08. The van der Waals surface area contributed by atoms with Crippen LogP contribution in [0.1, 0.15) is 11.3 Å². The zero-order valence-corrected chi connectivity index (χ0v) is 9.02. The van der Waals surface area contributed by atoms with E-state index in [0.717, 1.165) is 0 Å². The molecule has 2 aromatic rings. The van der Waals surface area contributed by atoms with Crippen molar-refractivity contribution in [3.05, 3.63) is 46.5 Å². The number of hydrogen-bond donors (Lipinski definition) is 1. The lowest BCUT2D eigenvalue weighted by atomic mass is 10.2. The second kappa shape index (κ2) is 4.59. The summed E-state index contributed by atoms with van der Waals surface area (Å²) in [4.78, 5) is 0. The van der Waals surface area contributed by atoms with E-state index >= 15 is 0 Å². The number of aliphatic hydroxyl groups is 1. The zero-order chi connectivity index (χ0) is 11.5. The fourth-order valence-corrected chi connectivity index (χ4v) is 1.56. The van der Waals surface area contributed by atoms with Crippen LogP contribution in [0.25, 0.3) is 0 Å². The van der Waals surface area contributed by atoms with Gasteiger partial charge in [0.05, 0.1) is 19.3 Å². The quantitative estimate of drug-likeness (QED) is 0.888. The molecule has 4 nitrogen and oxygen atoms in total. The van der Waals surface area contributed by atoms with E-state index in [0.29, 0.717) is 16.3 Å². The van der Waals surface area contributed by atoms with Gasteiger partial charge in [-0.1, -0.05) is 22.9 Å². The second-order valence-corrected chi connectivity index (χ2v) is 3.67. The van der Waals surface area contributed by atoms with Gasteiger partial charge in [-0.25, -0.2) is 9.07 Å². The van der Waals surface area contributed by atoms with Crippen LogP contribution in [0.2, 0.25) is 5.02 Å². The minimum Gasteiger partial charge on any atom is -0.390 e. The van der Waals surface area contributed by atoms with Gasteiger partial charge in [-0.2, -0.15) is 0 Å². The molecule has 0 bridgehead atoms. The lowest BCUT2D eigenvalue weighted by Crippen LogP contribution is -2.03. The molecule has 1 heterocycles. The molecule has 0 fully saturated rings. The molecule has 0 aliphatic rings. The molecule has 0 unspecified atom stereocenters. The first-order chi connectivity index (χ1) is 7.70. The number of halogens is 2. The van der Waals surface area contributed by atoms with Crippen LogP contribution in [-0.2, 0) is 13.2 Å². The first-order valence-corrected chi connectivity index (χ1v) is 5.01. The summed E-state index contributed by atoms with van der Waals surface area (Å²) in [6.07, 6.45) is 1.54. The van der Waals surface area contributed by atoms with E-state index < -0.39 is 0 Å². The second-order valence-electron chi connectivity index (χ2n) is 3.27. The maximum atomic E-state index is 13.4. The fraction of sp³-hybridized carbons (Fsp3) is 0.200. The predicted octanol–water partition coefficient (Wildman–Crippen LogP) is 1.61. The minimum absolute atomic E-state index is 0.189. The van der Waals surface area contributed by atoms with Gasteiger partial charge in [0.25, 0.3) is 0 Å². The Hall–Kier alpha value is -1.46. The van der Waals surface area contributed by atoms with Crippen LogP contribution in [0.15, 0.2) is 24.4 Å². The topological polar surface area (TPSA) is 50.9 Å². The molecule has 0 aliphatic heterocycles. The first kappa shape index (κ1) is 11.0. The van der Waals surface area contributed by atoms with Crippen LogP contribution < -0.4 is 0 Å². The summed E-state index contributed by atoms with van der Waals surface area (Å²) in [7, 11) is 0. The van der Waals surface area contributed by atoms with Gasteiger partial charge in [0.2, 0.25) is 0 Å². The van der Waals surface area contributed by atoms with E-state index in [1.807, 2.05) is 0 Å². The number of benzene rings is 1. The van der Waals surface area contributed by atoms with Crippen molar-refractivity contribution in [3.63, 3.8) is 0 Å². The van der Waals surface area contributed by atoms with E-state index in [2.05, 4.69) is 10.3 Å². The van der Waals surface area contributed by atoms with Gasteiger partial charge < -0.3 is 5.11 Å². The van der Waals surface area contributed by atoms with Crippen molar-refractivity contribution < 1.29 is 9.50 Å². The Balaban J connectivity index is 2.26. The average molecular weight is 242 g/mol. The molecule has 16 heavy (non-hydrogen) atoms. The molecule has 0 atom stereocenters. The highest BCUT2D eigenvalue weighted by atomic mass is 35.5. The standard InChI is InChI=1S/C10H9ClFN3O/c11-9-2-1-3-10(12)8(9)5-15-4-7(6-16)13-14-15/h1-4,16H,5-6H2. The van der Waals surface area contributed by atoms with Crippen LogP contribution in [0.4, 0.5) is 4.39 Å². The van der Waals surface area contributed by atoms with Crippen molar-refractivity contribution in [1.29, 1.82) is 0 Å². The van der Waals surface area contributed by atoms with Crippen molar-refractivity contribution in [1.82, 2.24) is 15.0 Å². The van der Waals surface area contributed by atoms with Crippen molar-refractivity contribution in [3.8, 4) is 0 Å². The van der Waals surface area contributed by atoms with E-state index in [9.17, 15) is 4.39 Å². The number of hydrogen-bond acceptors (Lipinski definition) is 3. The summed E-state index contributed by atoms with van der Waals surface area (Å²) in [5, 5.41) is 16.6. The Kier molecular flexibility index (Phi) is 3.17. The molecule has 0 spiro atoms. The molecule has 0 radical (unpaired) electrons. The van der Waals surface area contributed by atoms with Crippen LogP contribution in [0, 0.1) is 5.82 Å². The lowest BCUT2D eigenvalue weighted by molar-refractivity contribution is 0.276. The monoisotopic (exact) mass is 241 g/mol. The maximum absolute atomic E-state index is 13.4. The third-order valence-corrected chi connectivity index (χ3v) is 2.48. The molecule has 0 saturated heterocycles. The molecule has 1 aromatic heterocycles. The summed E-state index contributed by atoms with van der Waals surface area (Å²) in [5.74, 6) is -0.381. The van der Waals surface area contributed by atoms with Crippen molar-refractivity contribution in [2.24, 2.45) is 0 Å². The van der Waals surface area contributed by atoms with Gasteiger partial charge in [-0.3, -0.25) is 0 Å².